The summed E-state index contributed by atoms with van der Waals surface area (Å²) in [5.41, 5.74) is 0. The second-order valence-electron chi connectivity index (χ2n) is 4.52. The molecule has 13 heavy (non-hydrogen) atoms. The lowest BCUT2D eigenvalue weighted by Crippen LogP contribution is -2.40. The quantitative estimate of drug-likeness (QED) is 0.632. The molecule has 0 atom stereocenters. The lowest BCUT2D eigenvalue weighted by atomic mass is 9.93. The van der Waals surface area contributed by atoms with Gasteiger partial charge >= 0.3 is 0 Å². The van der Waals surface area contributed by atoms with Crippen molar-refractivity contribution in [3.8, 4) is 0 Å². The Hall–Kier alpha value is -0.0800. The highest BCUT2D eigenvalue weighted by Crippen LogP contribution is 2.18. The fourth-order valence-corrected chi connectivity index (χ4v) is 2.29. The smallest absolute Gasteiger partial charge is 0.00794 e. The Morgan fingerprint density at radius 1 is 0.692 bits per heavy atom. The van der Waals surface area contributed by atoms with Gasteiger partial charge < -0.3 is 10.6 Å². The lowest BCUT2D eigenvalue weighted by Gasteiger charge is -2.26. The van der Waals surface area contributed by atoms with E-state index in [9.17, 15) is 0 Å². The SMILES string of the molecule is C1CCC(NCCNC2CCC2)C1. The Morgan fingerprint density at radius 3 is 1.54 bits per heavy atom. The summed E-state index contributed by atoms with van der Waals surface area (Å²) in [4.78, 5) is 0. The molecule has 0 aliphatic heterocycles. The van der Waals surface area contributed by atoms with Gasteiger partial charge in [0.05, 0.1) is 0 Å². The Balaban J connectivity index is 1.43. The van der Waals surface area contributed by atoms with Crippen molar-refractivity contribution in [1.29, 1.82) is 0 Å². The summed E-state index contributed by atoms with van der Waals surface area (Å²) in [5.74, 6) is 0. The summed E-state index contributed by atoms with van der Waals surface area (Å²) in [5, 5.41) is 7.20. The van der Waals surface area contributed by atoms with E-state index in [1.165, 1.54) is 58.0 Å². The molecule has 2 heteroatoms. The number of nitrogens with one attached hydrogen (secondary N) is 2. The molecule has 0 aromatic carbocycles. The monoisotopic (exact) mass is 182 g/mol. The number of rotatable bonds is 5. The van der Waals surface area contributed by atoms with Gasteiger partial charge in [0.25, 0.3) is 0 Å². The summed E-state index contributed by atoms with van der Waals surface area (Å²) >= 11 is 0. The highest BCUT2D eigenvalue weighted by molar-refractivity contribution is 4.78. The molecule has 76 valence electrons. The molecular formula is C11H22N2. The highest BCUT2D eigenvalue weighted by atomic mass is 15.0. The van der Waals surface area contributed by atoms with Gasteiger partial charge in [-0.3, -0.25) is 0 Å². The minimum Gasteiger partial charge on any atom is -0.313 e. The Labute approximate surface area is 81.5 Å². The van der Waals surface area contributed by atoms with Crippen molar-refractivity contribution in [2.45, 2.75) is 57.0 Å². The van der Waals surface area contributed by atoms with Gasteiger partial charge in [-0.1, -0.05) is 19.3 Å². The summed E-state index contributed by atoms with van der Waals surface area (Å²) < 4.78 is 0. The number of hydrogen-bond donors (Lipinski definition) is 2. The van der Waals surface area contributed by atoms with Crippen LogP contribution in [-0.4, -0.2) is 25.2 Å². The van der Waals surface area contributed by atoms with Crippen molar-refractivity contribution >= 4 is 0 Å². The van der Waals surface area contributed by atoms with Crippen LogP contribution in [0.3, 0.4) is 0 Å². The van der Waals surface area contributed by atoms with Gasteiger partial charge in [0.15, 0.2) is 0 Å². The second-order valence-corrected chi connectivity index (χ2v) is 4.52. The molecule has 0 heterocycles. The average Bonchev–Trinajstić information content (AvgIpc) is 2.53. The molecule has 2 nitrogen and oxygen atoms in total. The van der Waals surface area contributed by atoms with Gasteiger partial charge in [0.1, 0.15) is 0 Å². The van der Waals surface area contributed by atoms with E-state index in [-0.39, 0.29) is 0 Å². The second kappa shape index (κ2) is 4.97. The maximum absolute atomic E-state index is 3.62. The van der Waals surface area contributed by atoms with Crippen LogP contribution in [-0.2, 0) is 0 Å². The average molecular weight is 182 g/mol. The summed E-state index contributed by atoms with van der Waals surface area (Å²) in [7, 11) is 0. The van der Waals surface area contributed by atoms with Crippen LogP contribution in [0.1, 0.15) is 44.9 Å². The third-order valence-corrected chi connectivity index (χ3v) is 3.45. The molecule has 0 unspecified atom stereocenters. The molecule has 2 N–H and O–H groups in total. The Bertz CT molecular complexity index is 137. The van der Waals surface area contributed by atoms with Crippen LogP contribution in [0.4, 0.5) is 0 Å². The van der Waals surface area contributed by atoms with Gasteiger partial charge in [0.2, 0.25) is 0 Å². The van der Waals surface area contributed by atoms with Crippen LogP contribution >= 0.6 is 0 Å². The molecular weight excluding hydrogens is 160 g/mol. The Morgan fingerprint density at radius 2 is 1.15 bits per heavy atom. The maximum atomic E-state index is 3.62. The molecule has 0 radical (unpaired) electrons. The molecule has 2 saturated carbocycles. The highest BCUT2D eigenvalue weighted by Gasteiger charge is 2.16. The zero-order chi connectivity index (χ0) is 8.93. The molecule has 2 fully saturated rings. The summed E-state index contributed by atoms with van der Waals surface area (Å²) in [6.45, 7) is 2.34. The van der Waals surface area contributed by atoms with Gasteiger partial charge in [-0.2, -0.15) is 0 Å². The van der Waals surface area contributed by atoms with Crippen molar-refractivity contribution in [2.24, 2.45) is 0 Å². The molecule has 0 spiro atoms. The topological polar surface area (TPSA) is 24.1 Å². The Kier molecular flexibility index (Phi) is 3.62. The number of hydrogen-bond acceptors (Lipinski definition) is 2. The van der Waals surface area contributed by atoms with Crippen molar-refractivity contribution < 1.29 is 0 Å². The van der Waals surface area contributed by atoms with Crippen LogP contribution < -0.4 is 10.6 Å². The largest absolute Gasteiger partial charge is 0.313 e. The normalized spacial score (nSPS) is 24.9. The third-order valence-electron chi connectivity index (χ3n) is 3.45. The van der Waals surface area contributed by atoms with Gasteiger partial charge in [-0.25, -0.2) is 0 Å². The zero-order valence-electron chi connectivity index (χ0n) is 8.52. The zero-order valence-corrected chi connectivity index (χ0v) is 8.52. The lowest BCUT2D eigenvalue weighted by molar-refractivity contribution is 0.336. The predicted octanol–water partition coefficient (Wildman–Crippen LogP) is 1.66. The summed E-state index contributed by atoms with van der Waals surface area (Å²) in [6.07, 6.45) is 9.94. The van der Waals surface area contributed by atoms with E-state index in [0.29, 0.717) is 0 Å². The van der Waals surface area contributed by atoms with Gasteiger partial charge in [0, 0.05) is 25.2 Å². The van der Waals surface area contributed by atoms with E-state index in [1.54, 1.807) is 0 Å². The van der Waals surface area contributed by atoms with Crippen molar-refractivity contribution in [3.63, 3.8) is 0 Å². The van der Waals surface area contributed by atoms with Crippen LogP contribution in [0.5, 0.6) is 0 Å². The maximum Gasteiger partial charge on any atom is 0.00794 e. The predicted molar refractivity (Wildman–Crippen MR) is 55.9 cm³/mol. The van der Waals surface area contributed by atoms with Crippen LogP contribution in [0.25, 0.3) is 0 Å². The van der Waals surface area contributed by atoms with Crippen molar-refractivity contribution in [3.05, 3.63) is 0 Å². The summed E-state index contributed by atoms with van der Waals surface area (Å²) in [6, 6.07) is 1.69. The molecule has 2 aliphatic rings. The molecule has 0 bridgehead atoms. The standard InChI is InChI=1S/C11H22N2/c1-2-5-10(4-1)12-8-9-13-11-6-3-7-11/h10-13H,1-9H2. The van der Waals surface area contributed by atoms with E-state index in [2.05, 4.69) is 10.6 Å². The fourth-order valence-electron chi connectivity index (χ4n) is 2.29. The fraction of sp³-hybridized carbons (Fsp3) is 1.00. The molecule has 0 saturated heterocycles. The van der Waals surface area contributed by atoms with E-state index < -0.39 is 0 Å². The van der Waals surface area contributed by atoms with Crippen molar-refractivity contribution in [1.82, 2.24) is 10.6 Å². The van der Waals surface area contributed by atoms with E-state index in [0.717, 1.165) is 12.1 Å². The van der Waals surface area contributed by atoms with Crippen molar-refractivity contribution in [2.75, 3.05) is 13.1 Å². The third kappa shape index (κ3) is 2.96. The molecule has 0 aromatic heterocycles. The minimum atomic E-state index is 0.836. The first-order valence-electron chi connectivity index (χ1n) is 5.92. The molecule has 0 amide bonds. The molecule has 2 rings (SSSR count). The molecule has 0 aromatic rings. The first-order valence-corrected chi connectivity index (χ1v) is 5.92. The van der Waals surface area contributed by atoms with Gasteiger partial charge in [-0.15, -0.1) is 0 Å². The van der Waals surface area contributed by atoms with E-state index in [4.69, 9.17) is 0 Å². The van der Waals surface area contributed by atoms with E-state index >= 15 is 0 Å². The van der Waals surface area contributed by atoms with Crippen LogP contribution in [0.15, 0.2) is 0 Å². The first kappa shape index (κ1) is 9.47. The molecule has 2 aliphatic carbocycles. The first-order chi connectivity index (χ1) is 6.45. The van der Waals surface area contributed by atoms with Gasteiger partial charge in [-0.05, 0) is 25.7 Å². The van der Waals surface area contributed by atoms with Crippen LogP contribution in [0.2, 0.25) is 0 Å². The minimum absolute atomic E-state index is 0.836. The van der Waals surface area contributed by atoms with Crippen LogP contribution in [0, 0.1) is 0 Å². The van der Waals surface area contributed by atoms with E-state index in [1.807, 2.05) is 0 Å².